The van der Waals surface area contributed by atoms with Crippen molar-refractivity contribution in [3.8, 4) is 0 Å². The standard InChI is InChI=1S/C19H27N7OS2/c1-7-8-9-26-16(27)13-10(2)11(3)28-15(13)23-19(26)29-12(4)14-21-17(20)24-18(22-14)25(5)6/h12H,7-9H2,1-6H3,(H2,20,21,22,24). The highest BCUT2D eigenvalue weighted by molar-refractivity contribution is 7.99. The molecule has 2 N–H and O–H groups in total. The van der Waals surface area contributed by atoms with E-state index in [2.05, 4.69) is 21.9 Å². The summed E-state index contributed by atoms with van der Waals surface area (Å²) >= 11 is 3.04. The molecule has 1 unspecified atom stereocenters. The van der Waals surface area contributed by atoms with E-state index < -0.39 is 0 Å². The van der Waals surface area contributed by atoms with Gasteiger partial charge in [0.15, 0.2) is 5.16 Å². The van der Waals surface area contributed by atoms with E-state index >= 15 is 0 Å². The topological polar surface area (TPSA) is 103 Å². The van der Waals surface area contributed by atoms with E-state index in [1.807, 2.05) is 34.9 Å². The highest BCUT2D eigenvalue weighted by Gasteiger charge is 2.21. The van der Waals surface area contributed by atoms with Crippen LogP contribution in [0, 0.1) is 13.8 Å². The molecule has 0 aliphatic carbocycles. The average Bonchev–Trinajstić information content (AvgIpc) is 2.94. The minimum absolute atomic E-state index is 0.0316. The first-order valence-electron chi connectivity index (χ1n) is 9.58. The maximum absolute atomic E-state index is 13.3. The van der Waals surface area contributed by atoms with E-state index in [1.54, 1.807) is 20.8 Å². The van der Waals surface area contributed by atoms with Crippen LogP contribution in [0.25, 0.3) is 10.2 Å². The van der Waals surface area contributed by atoms with Crippen LogP contribution < -0.4 is 16.2 Å². The molecule has 156 valence electrons. The quantitative estimate of drug-likeness (QED) is 0.446. The third-order valence-electron chi connectivity index (χ3n) is 4.69. The lowest BCUT2D eigenvalue weighted by atomic mass is 10.2. The summed E-state index contributed by atoms with van der Waals surface area (Å²) in [4.78, 5) is 34.8. The number of aromatic nitrogens is 5. The molecule has 29 heavy (non-hydrogen) atoms. The van der Waals surface area contributed by atoms with E-state index in [9.17, 15) is 4.79 Å². The van der Waals surface area contributed by atoms with Crippen molar-refractivity contribution in [3.05, 3.63) is 26.6 Å². The van der Waals surface area contributed by atoms with Gasteiger partial charge in [0.25, 0.3) is 5.56 Å². The largest absolute Gasteiger partial charge is 0.368 e. The maximum atomic E-state index is 13.3. The lowest BCUT2D eigenvalue weighted by Gasteiger charge is -2.16. The summed E-state index contributed by atoms with van der Waals surface area (Å²) < 4.78 is 1.80. The molecule has 3 heterocycles. The van der Waals surface area contributed by atoms with Crippen LogP contribution in [0.4, 0.5) is 11.9 Å². The number of nitrogens with zero attached hydrogens (tertiary/aromatic N) is 6. The van der Waals surface area contributed by atoms with Gasteiger partial charge in [-0.1, -0.05) is 25.1 Å². The average molecular weight is 434 g/mol. The number of nitrogen functional groups attached to an aromatic ring is 1. The molecule has 3 aromatic rings. The van der Waals surface area contributed by atoms with Gasteiger partial charge in [0.2, 0.25) is 11.9 Å². The van der Waals surface area contributed by atoms with E-state index in [-0.39, 0.29) is 16.8 Å². The number of fused-ring (bicyclic) bond motifs is 1. The fraction of sp³-hybridized carbons (Fsp3) is 0.526. The molecule has 0 bridgehead atoms. The third kappa shape index (κ3) is 4.37. The number of aryl methyl sites for hydroxylation is 2. The normalized spacial score (nSPS) is 12.5. The zero-order valence-corrected chi connectivity index (χ0v) is 19.3. The van der Waals surface area contributed by atoms with E-state index in [0.29, 0.717) is 23.5 Å². The van der Waals surface area contributed by atoms with Crippen LogP contribution in [-0.2, 0) is 6.54 Å². The summed E-state index contributed by atoms with van der Waals surface area (Å²) in [5.41, 5.74) is 6.93. The van der Waals surface area contributed by atoms with Crippen LogP contribution in [0.5, 0.6) is 0 Å². The Morgan fingerprint density at radius 1 is 1.21 bits per heavy atom. The van der Waals surface area contributed by atoms with Crippen molar-refractivity contribution in [2.45, 2.75) is 57.5 Å². The van der Waals surface area contributed by atoms with Gasteiger partial charge in [0, 0.05) is 25.5 Å². The van der Waals surface area contributed by atoms with Gasteiger partial charge in [0.1, 0.15) is 10.7 Å². The second-order valence-electron chi connectivity index (χ2n) is 7.17. The zero-order chi connectivity index (χ0) is 21.3. The fourth-order valence-corrected chi connectivity index (χ4v) is 4.95. The monoisotopic (exact) mass is 433 g/mol. The van der Waals surface area contributed by atoms with Crippen LogP contribution >= 0.6 is 23.1 Å². The number of anilines is 2. The predicted octanol–water partition coefficient (Wildman–Crippen LogP) is 3.56. The van der Waals surface area contributed by atoms with Crippen molar-refractivity contribution < 1.29 is 0 Å². The molecule has 0 aliphatic heterocycles. The molecule has 3 rings (SSSR count). The second kappa shape index (κ2) is 8.66. The molecule has 0 saturated carbocycles. The Labute approximate surface area is 178 Å². The Balaban J connectivity index is 2.06. The van der Waals surface area contributed by atoms with Gasteiger partial charge in [0.05, 0.1) is 10.6 Å². The molecule has 1 atom stereocenters. The summed E-state index contributed by atoms with van der Waals surface area (Å²) in [7, 11) is 3.71. The summed E-state index contributed by atoms with van der Waals surface area (Å²) in [6, 6.07) is 0. The summed E-state index contributed by atoms with van der Waals surface area (Å²) in [5, 5.41) is 1.29. The minimum atomic E-state index is -0.140. The molecule has 0 saturated heterocycles. The van der Waals surface area contributed by atoms with Crippen molar-refractivity contribution in [2.75, 3.05) is 24.7 Å². The zero-order valence-electron chi connectivity index (χ0n) is 17.7. The first-order chi connectivity index (χ1) is 13.7. The molecule has 0 aliphatic rings. The van der Waals surface area contributed by atoms with Crippen molar-refractivity contribution in [3.63, 3.8) is 0 Å². The third-order valence-corrected chi connectivity index (χ3v) is 6.88. The Kier molecular flexibility index (Phi) is 6.42. The molecule has 8 nitrogen and oxygen atoms in total. The molecule has 3 aromatic heterocycles. The van der Waals surface area contributed by atoms with Crippen molar-refractivity contribution in [2.24, 2.45) is 0 Å². The predicted molar refractivity (Wildman–Crippen MR) is 121 cm³/mol. The SMILES string of the molecule is CCCCn1c(SC(C)c2nc(N)nc(N(C)C)n2)nc2sc(C)c(C)c2c1=O. The first-order valence-corrected chi connectivity index (χ1v) is 11.3. The lowest BCUT2D eigenvalue weighted by Crippen LogP contribution is -2.23. The smallest absolute Gasteiger partial charge is 0.263 e. The van der Waals surface area contributed by atoms with Crippen molar-refractivity contribution in [1.29, 1.82) is 0 Å². The molecular weight excluding hydrogens is 406 g/mol. The van der Waals surface area contributed by atoms with Crippen LogP contribution in [0.2, 0.25) is 0 Å². The van der Waals surface area contributed by atoms with E-state index in [1.165, 1.54) is 11.8 Å². The Morgan fingerprint density at radius 3 is 2.59 bits per heavy atom. The second-order valence-corrected chi connectivity index (χ2v) is 9.69. The van der Waals surface area contributed by atoms with Gasteiger partial charge in [-0.15, -0.1) is 11.3 Å². The number of nitrogens with two attached hydrogens (primary N) is 1. The summed E-state index contributed by atoms with van der Waals surface area (Å²) in [5.74, 6) is 1.26. The molecule has 0 spiro atoms. The molecule has 0 fully saturated rings. The molecule has 0 radical (unpaired) electrons. The minimum Gasteiger partial charge on any atom is -0.368 e. The number of thiophene rings is 1. The molecular formula is C19H27N7OS2. The lowest BCUT2D eigenvalue weighted by molar-refractivity contribution is 0.557. The van der Waals surface area contributed by atoms with Crippen LogP contribution in [0.15, 0.2) is 9.95 Å². The van der Waals surface area contributed by atoms with Gasteiger partial charge >= 0.3 is 0 Å². The number of hydrogen-bond donors (Lipinski definition) is 1. The van der Waals surface area contributed by atoms with Crippen molar-refractivity contribution in [1.82, 2.24) is 24.5 Å². The Hall–Kier alpha value is -2.20. The van der Waals surface area contributed by atoms with Gasteiger partial charge < -0.3 is 10.6 Å². The number of hydrogen-bond acceptors (Lipinski definition) is 9. The highest BCUT2D eigenvalue weighted by Crippen LogP contribution is 2.35. The molecule has 0 aromatic carbocycles. The molecule has 10 heteroatoms. The number of thioether (sulfide) groups is 1. The Bertz CT molecular complexity index is 1090. The van der Waals surface area contributed by atoms with E-state index in [0.717, 1.165) is 33.5 Å². The first kappa shape index (κ1) is 21.5. The van der Waals surface area contributed by atoms with Gasteiger partial charge in [-0.25, -0.2) is 4.98 Å². The van der Waals surface area contributed by atoms with Crippen LogP contribution in [0.1, 0.15) is 48.2 Å². The van der Waals surface area contributed by atoms with Gasteiger partial charge in [-0.2, -0.15) is 15.0 Å². The summed E-state index contributed by atoms with van der Waals surface area (Å²) in [6.45, 7) is 8.77. The van der Waals surface area contributed by atoms with Crippen LogP contribution in [0.3, 0.4) is 0 Å². The summed E-state index contributed by atoms with van der Waals surface area (Å²) in [6.07, 6.45) is 1.92. The maximum Gasteiger partial charge on any atom is 0.263 e. The van der Waals surface area contributed by atoms with Crippen molar-refractivity contribution >= 4 is 45.2 Å². The molecule has 0 amide bonds. The number of rotatable bonds is 7. The highest BCUT2D eigenvalue weighted by atomic mass is 32.2. The van der Waals surface area contributed by atoms with Gasteiger partial charge in [-0.05, 0) is 32.8 Å². The fourth-order valence-electron chi connectivity index (χ4n) is 2.90. The number of unbranched alkanes of at least 4 members (excludes halogenated alkanes) is 1. The van der Waals surface area contributed by atoms with Crippen LogP contribution in [-0.4, -0.2) is 38.6 Å². The Morgan fingerprint density at radius 2 is 1.93 bits per heavy atom. The van der Waals surface area contributed by atoms with E-state index in [4.69, 9.17) is 10.7 Å². The van der Waals surface area contributed by atoms with Gasteiger partial charge in [-0.3, -0.25) is 9.36 Å².